The highest BCUT2D eigenvalue weighted by molar-refractivity contribution is 5.86. The van der Waals surface area contributed by atoms with Crippen LogP contribution in [0.4, 0.5) is 0 Å². The van der Waals surface area contributed by atoms with Gasteiger partial charge < -0.3 is 9.84 Å². The van der Waals surface area contributed by atoms with Gasteiger partial charge in [-0.2, -0.15) is 0 Å². The van der Waals surface area contributed by atoms with Gasteiger partial charge in [0.25, 0.3) is 0 Å². The summed E-state index contributed by atoms with van der Waals surface area (Å²) in [6.07, 6.45) is 0. The number of aromatic hydroxyl groups is 1. The molecule has 4 nitrogen and oxygen atoms in total. The van der Waals surface area contributed by atoms with Crippen molar-refractivity contribution < 1.29 is 9.84 Å². The molecule has 0 atom stereocenters. The average molecular weight is 370 g/mol. The summed E-state index contributed by atoms with van der Waals surface area (Å²) in [6.45, 7) is 4.11. The van der Waals surface area contributed by atoms with Gasteiger partial charge in [-0.1, -0.05) is 59.7 Å². The number of hydrogen-bond donors (Lipinski definition) is 1. The van der Waals surface area contributed by atoms with Crippen LogP contribution >= 0.6 is 0 Å². The molecular weight excluding hydrogens is 348 g/mol. The number of benzene rings is 3. The molecule has 3 aromatic carbocycles. The number of nitrogens with zero attached hydrogens (tertiary/aromatic N) is 2. The zero-order valence-corrected chi connectivity index (χ0v) is 16.2. The van der Waals surface area contributed by atoms with Gasteiger partial charge in [0.05, 0.1) is 24.1 Å². The molecule has 0 unspecified atom stereocenters. The van der Waals surface area contributed by atoms with E-state index in [4.69, 9.17) is 4.74 Å². The van der Waals surface area contributed by atoms with Crippen LogP contribution in [0.25, 0.3) is 28.1 Å². The smallest absolute Gasteiger partial charge is 0.239 e. The lowest BCUT2D eigenvalue weighted by atomic mass is 9.99. The summed E-state index contributed by atoms with van der Waals surface area (Å²) in [6, 6.07) is 24.0. The van der Waals surface area contributed by atoms with Crippen molar-refractivity contribution >= 4 is 0 Å². The maximum Gasteiger partial charge on any atom is 0.239 e. The van der Waals surface area contributed by atoms with E-state index in [0.29, 0.717) is 0 Å². The zero-order chi connectivity index (χ0) is 19.7. The first-order chi connectivity index (χ1) is 13.6. The molecule has 4 heteroatoms. The highest BCUT2D eigenvalue weighted by Gasteiger charge is 2.21. The molecule has 0 aliphatic heterocycles. The standard InChI is InChI=1S/C24H22N2O2/c1-16-4-8-18(9-5-16)22-23(19-10-6-17(2)7-11-19)26(25-24(22)27)20-12-14-21(28-3)15-13-20/h4-15H,1-3H3,(H,25,27). The second kappa shape index (κ2) is 7.24. The predicted molar refractivity (Wildman–Crippen MR) is 112 cm³/mol. The van der Waals surface area contributed by atoms with E-state index < -0.39 is 0 Å². The van der Waals surface area contributed by atoms with E-state index >= 15 is 0 Å². The van der Waals surface area contributed by atoms with Crippen molar-refractivity contribution in [1.29, 1.82) is 0 Å². The molecule has 1 aromatic heterocycles. The Morgan fingerprint density at radius 2 is 1.29 bits per heavy atom. The third-order valence-electron chi connectivity index (χ3n) is 4.85. The van der Waals surface area contributed by atoms with Gasteiger partial charge >= 0.3 is 0 Å². The predicted octanol–water partition coefficient (Wildman–Crippen LogP) is 5.54. The van der Waals surface area contributed by atoms with E-state index in [9.17, 15) is 5.11 Å². The first-order valence-electron chi connectivity index (χ1n) is 9.17. The Bertz CT molecular complexity index is 1090. The zero-order valence-electron chi connectivity index (χ0n) is 16.2. The molecule has 1 N–H and O–H groups in total. The van der Waals surface area contributed by atoms with Gasteiger partial charge in [-0.15, -0.1) is 5.10 Å². The van der Waals surface area contributed by atoms with E-state index in [2.05, 4.69) is 36.3 Å². The Labute approximate surface area is 164 Å². The van der Waals surface area contributed by atoms with E-state index in [1.807, 2.05) is 55.5 Å². The quantitative estimate of drug-likeness (QED) is 0.513. The SMILES string of the molecule is COc1ccc(-n2nc(O)c(-c3ccc(C)cc3)c2-c2ccc(C)cc2)cc1. The summed E-state index contributed by atoms with van der Waals surface area (Å²) in [5, 5.41) is 15.2. The molecule has 1 heterocycles. The number of rotatable bonds is 4. The Kier molecular flexibility index (Phi) is 4.62. The maximum absolute atomic E-state index is 10.8. The molecule has 0 saturated heterocycles. The lowest BCUT2D eigenvalue weighted by Crippen LogP contribution is -1.99. The van der Waals surface area contributed by atoms with Crippen molar-refractivity contribution in [2.45, 2.75) is 13.8 Å². The van der Waals surface area contributed by atoms with Crippen molar-refractivity contribution in [3.8, 4) is 39.7 Å². The summed E-state index contributed by atoms with van der Waals surface area (Å²) < 4.78 is 7.05. The van der Waals surface area contributed by atoms with Gasteiger partial charge in [0, 0.05) is 5.56 Å². The topological polar surface area (TPSA) is 47.3 Å². The van der Waals surface area contributed by atoms with Crippen LogP contribution in [0.3, 0.4) is 0 Å². The van der Waals surface area contributed by atoms with Crippen molar-refractivity contribution in [3.05, 3.63) is 83.9 Å². The third kappa shape index (κ3) is 3.25. The first-order valence-corrected chi connectivity index (χ1v) is 9.17. The first kappa shape index (κ1) is 17.9. The molecule has 0 fully saturated rings. The molecular formula is C24H22N2O2. The molecule has 0 aliphatic rings. The van der Waals surface area contributed by atoms with Gasteiger partial charge in [-0.25, -0.2) is 4.68 Å². The van der Waals surface area contributed by atoms with Gasteiger partial charge in [0.1, 0.15) is 5.75 Å². The van der Waals surface area contributed by atoms with Crippen molar-refractivity contribution in [3.63, 3.8) is 0 Å². The number of aryl methyl sites for hydroxylation is 2. The van der Waals surface area contributed by atoms with Gasteiger partial charge in [-0.05, 0) is 43.7 Å². The van der Waals surface area contributed by atoms with Crippen molar-refractivity contribution in [2.75, 3.05) is 7.11 Å². The number of methoxy groups -OCH3 is 1. The molecule has 4 rings (SSSR count). The molecule has 0 radical (unpaired) electrons. The van der Waals surface area contributed by atoms with Crippen LogP contribution in [0.5, 0.6) is 11.6 Å². The molecule has 0 bridgehead atoms. The summed E-state index contributed by atoms with van der Waals surface area (Å²) in [5.41, 5.74) is 6.70. The van der Waals surface area contributed by atoms with Crippen LogP contribution in [-0.2, 0) is 0 Å². The van der Waals surface area contributed by atoms with E-state index in [1.165, 1.54) is 11.1 Å². The Morgan fingerprint density at radius 1 is 0.750 bits per heavy atom. The number of hydrogen-bond acceptors (Lipinski definition) is 3. The van der Waals surface area contributed by atoms with E-state index in [1.54, 1.807) is 11.8 Å². The summed E-state index contributed by atoms with van der Waals surface area (Å²) in [7, 11) is 1.64. The van der Waals surface area contributed by atoms with Gasteiger partial charge in [-0.3, -0.25) is 0 Å². The van der Waals surface area contributed by atoms with Gasteiger partial charge in [0.15, 0.2) is 0 Å². The molecule has 140 valence electrons. The number of aromatic nitrogens is 2. The van der Waals surface area contributed by atoms with Crippen molar-refractivity contribution in [2.24, 2.45) is 0 Å². The fourth-order valence-corrected chi connectivity index (χ4v) is 3.28. The summed E-state index contributed by atoms with van der Waals surface area (Å²) >= 11 is 0. The lowest BCUT2D eigenvalue weighted by Gasteiger charge is -2.11. The van der Waals surface area contributed by atoms with Crippen LogP contribution < -0.4 is 4.74 Å². The molecule has 0 aliphatic carbocycles. The van der Waals surface area contributed by atoms with Crippen LogP contribution in [0.15, 0.2) is 72.8 Å². The molecule has 28 heavy (non-hydrogen) atoms. The fraction of sp³-hybridized carbons (Fsp3) is 0.125. The highest BCUT2D eigenvalue weighted by atomic mass is 16.5. The van der Waals surface area contributed by atoms with Crippen molar-refractivity contribution in [1.82, 2.24) is 9.78 Å². The fourth-order valence-electron chi connectivity index (χ4n) is 3.28. The van der Waals surface area contributed by atoms with Gasteiger partial charge in [0.2, 0.25) is 5.88 Å². The minimum absolute atomic E-state index is 0.00949. The minimum Gasteiger partial charge on any atom is -0.497 e. The monoisotopic (exact) mass is 370 g/mol. The van der Waals surface area contributed by atoms with E-state index in [-0.39, 0.29) is 5.88 Å². The number of ether oxygens (including phenoxy) is 1. The molecule has 0 amide bonds. The Hall–Kier alpha value is -3.53. The minimum atomic E-state index is 0.00949. The third-order valence-corrected chi connectivity index (χ3v) is 4.85. The molecule has 0 saturated carbocycles. The molecule has 0 spiro atoms. The van der Waals surface area contributed by atoms with Crippen LogP contribution in [0.1, 0.15) is 11.1 Å². The molecule has 4 aromatic rings. The average Bonchev–Trinajstić information content (AvgIpc) is 3.06. The van der Waals surface area contributed by atoms with Crippen LogP contribution in [0, 0.1) is 13.8 Å². The van der Waals surface area contributed by atoms with Crippen LogP contribution in [0.2, 0.25) is 0 Å². The highest BCUT2D eigenvalue weighted by Crippen LogP contribution is 2.40. The van der Waals surface area contributed by atoms with E-state index in [0.717, 1.165) is 33.8 Å². The second-order valence-electron chi connectivity index (χ2n) is 6.89. The second-order valence-corrected chi connectivity index (χ2v) is 6.89. The normalized spacial score (nSPS) is 10.8. The lowest BCUT2D eigenvalue weighted by molar-refractivity contribution is 0.414. The maximum atomic E-state index is 10.8. The summed E-state index contributed by atoms with van der Waals surface area (Å²) in [5.74, 6) is 0.783. The summed E-state index contributed by atoms with van der Waals surface area (Å²) in [4.78, 5) is 0. The Morgan fingerprint density at radius 3 is 1.82 bits per heavy atom. The van der Waals surface area contributed by atoms with Crippen LogP contribution in [-0.4, -0.2) is 22.0 Å². The largest absolute Gasteiger partial charge is 0.497 e. The Balaban J connectivity index is 1.96.